The third-order valence-electron chi connectivity index (χ3n) is 3.81. The molecule has 2 aromatic rings. The van der Waals surface area contributed by atoms with E-state index in [0.717, 1.165) is 16.9 Å². The lowest BCUT2D eigenvalue weighted by molar-refractivity contribution is -0.120. The second-order valence-electron chi connectivity index (χ2n) is 5.41. The minimum atomic E-state index is -0.650. The molecule has 0 saturated heterocycles. The van der Waals surface area contributed by atoms with Crippen molar-refractivity contribution >= 4 is 58.0 Å². The van der Waals surface area contributed by atoms with Gasteiger partial charge in [0.05, 0.1) is 10.7 Å². The Kier molecular flexibility index (Phi) is 5.04. The van der Waals surface area contributed by atoms with Gasteiger partial charge in [0, 0.05) is 10.7 Å². The molecule has 1 heterocycles. The Morgan fingerprint density at radius 3 is 2.28 bits per heavy atom. The summed E-state index contributed by atoms with van der Waals surface area (Å²) in [4.78, 5) is 26.1. The maximum absolute atomic E-state index is 12.7. The number of nitrogens with one attached hydrogen (secondary N) is 1. The molecule has 25 heavy (non-hydrogen) atoms. The lowest BCUT2D eigenvalue weighted by atomic mass is 10.1. The first-order valence-corrected chi connectivity index (χ1v) is 8.65. The van der Waals surface area contributed by atoms with Crippen LogP contribution in [0.5, 0.6) is 0 Å². The number of carbonyl (C=O) groups excluding carboxylic acids is 2. The molecular formula is C18H13Cl3N2O2. The van der Waals surface area contributed by atoms with E-state index in [1.165, 1.54) is 12.1 Å². The monoisotopic (exact) mass is 394 g/mol. The largest absolute Gasteiger partial charge is 0.350 e. The summed E-state index contributed by atoms with van der Waals surface area (Å²) >= 11 is 18.2. The number of amides is 2. The van der Waals surface area contributed by atoms with Gasteiger partial charge in [-0.1, -0.05) is 53.9 Å². The van der Waals surface area contributed by atoms with Crippen molar-refractivity contribution in [2.24, 2.45) is 0 Å². The van der Waals surface area contributed by atoms with Gasteiger partial charge in [0.15, 0.2) is 0 Å². The summed E-state index contributed by atoms with van der Waals surface area (Å²) in [5.74, 6) is -1.23. The average molecular weight is 396 g/mol. The van der Waals surface area contributed by atoms with Gasteiger partial charge in [-0.25, -0.2) is 4.90 Å². The molecule has 0 unspecified atom stereocenters. The highest BCUT2D eigenvalue weighted by Gasteiger charge is 2.39. The predicted octanol–water partition coefficient (Wildman–Crippen LogP) is 4.99. The quantitative estimate of drug-likeness (QED) is 0.742. The summed E-state index contributed by atoms with van der Waals surface area (Å²) < 4.78 is 0. The van der Waals surface area contributed by atoms with Crippen molar-refractivity contribution in [3.8, 4) is 0 Å². The van der Waals surface area contributed by atoms with E-state index < -0.39 is 11.8 Å². The van der Waals surface area contributed by atoms with Crippen LogP contribution in [-0.4, -0.2) is 11.8 Å². The van der Waals surface area contributed by atoms with Crippen molar-refractivity contribution in [1.29, 1.82) is 0 Å². The number of carbonyl (C=O) groups is 2. The molecule has 1 N–H and O–H groups in total. The molecule has 0 aliphatic carbocycles. The molecule has 2 amide bonds. The van der Waals surface area contributed by atoms with Gasteiger partial charge in [-0.3, -0.25) is 9.59 Å². The number of imide groups is 1. The summed E-state index contributed by atoms with van der Waals surface area (Å²) in [6.45, 7) is 2.05. The summed E-state index contributed by atoms with van der Waals surface area (Å²) in [5.41, 5.74) is 2.02. The van der Waals surface area contributed by atoms with Crippen molar-refractivity contribution in [1.82, 2.24) is 0 Å². The SMILES string of the molecule is CCc1ccc(NC2=C(Cl)C(=O)N(c3cc(Cl)ccc3Cl)C2=O)cc1. The van der Waals surface area contributed by atoms with Crippen molar-refractivity contribution in [2.45, 2.75) is 13.3 Å². The Hall–Kier alpha value is -2.01. The Labute approximate surface area is 160 Å². The molecule has 7 heteroatoms. The van der Waals surface area contributed by atoms with Crippen LogP contribution in [0.25, 0.3) is 0 Å². The molecule has 0 fully saturated rings. The molecule has 3 rings (SSSR count). The van der Waals surface area contributed by atoms with Crippen LogP contribution in [0.15, 0.2) is 53.2 Å². The van der Waals surface area contributed by atoms with Gasteiger partial charge in [-0.2, -0.15) is 0 Å². The van der Waals surface area contributed by atoms with Gasteiger partial charge in [0.2, 0.25) is 0 Å². The van der Waals surface area contributed by atoms with Crippen molar-refractivity contribution in [3.05, 3.63) is 68.8 Å². The van der Waals surface area contributed by atoms with E-state index in [0.29, 0.717) is 10.7 Å². The molecule has 0 radical (unpaired) electrons. The minimum absolute atomic E-state index is 0.00644. The van der Waals surface area contributed by atoms with Crippen LogP contribution in [0.2, 0.25) is 10.0 Å². The number of nitrogens with zero attached hydrogens (tertiary/aromatic N) is 1. The van der Waals surface area contributed by atoms with Crippen LogP contribution in [-0.2, 0) is 16.0 Å². The fourth-order valence-corrected chi connectivity index (χ4v) is 3.04. The Morgan fingerprint density at radius 1 is 0.960 bits per heavy atom. The van der Waals surface area contributed by atoms with Gasteiger partial charge in [-0.05, 0) is 42.3 Å². The van der Waals surface area contributed by atoms with E-state index in [-0.39, 0.29) is 21.4 Å². The van der Waals surface area contributed by atoms with Crippen LogP contribution < -0.4 is 10.2 Å². The van der Waals surface area contributed by atoms with Crippen LogP contribution in [0, 0.1) is 0 Å². The van der Waals surface area contributed by atoms with Crippen LogP contribution in [0.4, 0.5) is 11.4 Å². The maximum atomic E-state index is 12.7. The predicted molar refractivity (Wildman–Crippen MR) is 101 cm³/mol. The number of aryl methyl sites for hydroxylation is 1. The molecule has 1 aliphatic rings. The standard InChI is InChI=1S/C18H13Cl3N2O2/c1-2-10-3-6-12(7-4-10)22-16-15(21)17(24)23(18(16)25)14-9-11(19)5-8-13(14)20/h3-9,22H,2H2,1H3. The second kappa shape index (κ2) is 7.08. The highest BCUT2D eigenvalue weighted by atomic mass is 35.5. The molecular weight excluding hydrogens is 383 g/mol. The lowest BCUT2D eigenvalue weighted by Gasteiger charge is -2.17. The molecule has 0 atom stereocenters. The Morgan fingerprint density at radius 2 is 1.64 bits per heavy atom. The topological polar surface area (TPSA) is 49.4 Å². The summed E-state index contributed by atoms with van der Waals surface area (Å²) in [5, 5.41) is 3.30. The number of benzene rings is 2. The van der Waals surface area contributed by atoms with Crippen molar-refractivity contribution in [3.63, 3.8) is 0 Å². The van der Waals surface area contributed by atoms with Crippen LogP contribution >= 0.6 is 34.8 Å². The van der Waals surface area contributed by atoms with E-state index >= 15 is 0 Å². The Bertz CT molecular complexity index is 892. The molecule has 0 aromatic heterocycles. The van der Waals surface area contributed by atoms with E-state index in [9.17, 15) is 9.59 Å². The summed E-state index contributed by atoms with van der Waals surface area (Å²) in [7, 11) is 0. The first-order chi connectivity index (χ1) is 11.9. The number of anilines is 2. The van der Waals surface area contributed by atoms with Gasteiger partial charge in [0.1, 0.15) is 10.7 Å². The summed E-state index contributed by atoms with van der Waals surface area (Å²) in [6, 6.07) is 12.0. The van der Waals surface area contributed by atoms with E-state index in [4.69, 9.17) is 34.8 Å². The average Bonchev–Trinajstić information content (AvgIpc) is 2.81. The third-order valence-corrected chi connectivity index (χ3v) is 4.71. The third kappa shape index (κ3) is 3.38. The minimum Gasteiger partial charge on any atom is -0.350 e. The molecule has 2 aromatic carbocycles. The number of hydrogen-bond acceptors (Lipinski definition) is 3. The number of hydrogen-bond donors (Lipinski definition) is 1. The fourth-order valence-electron chi connectivity index (χ4n) is 2.46. The molecule has 1 aliphatic heterocycles. The van der Waals surface area contributed by atoms with Gasteiger partial charge in [-0.15, -0.1) is 0 Å². The summed E-state index contributed by atoms with van der Waals surface area (Å²) in [6.07, 6.45) is 0.905. The Balaban J connectivity index is 1.92. The molecule has 128 valence electrons. The van der Waals surface area contributed by atoms with Crippen molar-refractivity contribution in [2.75, 3.05) is 10.2 Å². The fraction of sp³-hybridized carbons (Fsp3) is 0.111. The highest BCUT2D eigenvalue weighted by Crippen LogP contribution is 2.35. The number of halogens is 3. The first kappa shape index (κ1) is 17.8. The highest BCUT2D eigenvalue weighted by molar-refractivity contribution is 6.54. The first-order valence-electron chi connectivity index (χ1n) is 7.52. The zero-order valence-corrected chi connectivity index (χ0v) is 15.4. The van der Waals surface area contributed by atoms with Crippen molar-refractivity contribution < 1.29 is 9.59 Å². The normalized spacial score (nSPS) is 14.5. The lowest BCUT2D eigenvalue weighted by Crippen LogP contribution is -2.32. The van der Waals surface area contributed by atoms with Crippen LogP contribution in [0.3, 0.4) is 0 Å². The van der Waals surface area contributed by atoms with Crippen LogP contribution in [0.1, 0.15) is 12.5 Å². The van der Waals surface area contributed by atoms with E-state index in [1.54, 1.807) is 6.07 Å². The second-order valence-corrected chi connectivity index (χ2v) is 6.63. The zero-order valence-electron chi connectivity index (χ0n) is 13.1. The molecule has 0 saturated carbocycles. The van der Waals surface area contributed by atoms with Gasteiger partial charge in [0.25, 0.3) is 11.8 Å². The molecule has 4 nitrogen and oxygen atoms in total. The zero-order chi connectivity index (χ0) is 18.1. The molecule has 0 bridgehead atoms. The van der Waals surface area contributed by atoms with E-state index in [2.05, 4.69) is 5.32 Å². The maximum Gasteiger partial charge on any atom is 0.283 e. The molecule has 0 spiro atoms. The number of rotatable bonds is 4. The van der Waals surface area contributed by atoms with Gasteiger partial charge < -0.3 is 5.32 Å². The smallest absolute Gasteiger partial charge is 0.283 e. The van der Waals surface area contributed by atoms with E-state index in [1.807, 2.05) is 31.2 Å². The van der Waals surface area contributed by atoms with Gasteiger partial charge >= 0.3 is 0 Å².